The van der Waals surface area contributed by atoms with Crippen molar-refractivity contribution in [1.29, 1.82) is 0 Å². The minimum absolute atomic E-state index is 0.793. The molecule has 1 aliphatic heterocycles. The van der Waals surface area contributed by atoms with Gasteiger partial charge in [0, 0.05) is 16.7 Å². The summed E-state index contributed by atoms with van der Waals surface area (Å²) < 4.78 is 0. The topological polar surface area (TPSA) is 12.0 Å². The maximum atomic E-state index is 3.43. The molecule has 86 valence electrons. The lowest BCUT2D eigenvalue weighted by Gasteiger charge is -2.17. The van der Waals surface area contributed by atoms with E-state index in [0.29, 0.717) is 0 Å². The number of hydrogen-bond donors (Lipinski definition) is 1. The van der Waals surface area contributed by atoms with Crippen LogP contribution in [0.4, 0.5) is 0 Å². The fourth-order valence-corrected chi connectivity index (χ4v) is 3.88. The van der Waals surface area contributed by atoms with Crippen molar-refractivity contribution in [3.63, 3.8) is 0 Å². The number of fused-ring (bicyclic) bond motifs is 1. The Labute approximate surface area is 102 Å². The molecule has 1 nitrogen and oxygen atoms in total. The molecule has 16 heavy (non-hydrogen) atoms. The van der Waals surface area contributed by atoms with Gasteiger partial charge in [-0.3, -0.25) is 0 Å². The van der Waals surface area contributed by atoms with E-state index in [9.17, 15) is 0 Å². The van der Waals surface area contributed by atoms with Crippen LogP contribution in [-0.2, 0) is 12.8 Å². The Balaban J connectivity index is 1.74. The van der Waals surface area contributed by atoms with Gasteiger partial charge in [0.25, 0.3) is 0 Å². The van der Waals surface area contributed by atoms with Crippen LogP contribution in [0, 0.1) is 0 Å². The molecule has 1 aliphatic carbocycles. The van der Waals surface area contributed by atoms with Crippen molar-refractivity contribution in [3.05, 3.63) is 29.3 Å². The molecule has 0 saturated carbocycles. The van der Waals surface area contributed by atoms with Crippen LogP contribution in [-0.4, -0.2) is 18.3 Å². The van der Waals surface area contributed by atoms with Gasteiger partial charge in [-0.15, -0.1) is 11.8 Å². The van der Waals surface area contributed by atoms with E-state index in [1.807, 2.05) is 0 Å². The van der Waals surface area contributed by atoms with E-state index >= 15 is 0 Å². The van der Waals surface area contributed by atoms with Gasteiger partial charge in [0.1, 0.15) is 0 Å². The first-order chi connectivity index (χ1) is 7.92. The molecule has 1 N–H and O–H groups in total. The first-order valence-electron chi connectivity index (χ1n) is 6.41. The summed E-state index contributed by atoms with van der Waals surface area (Å²) in [6, 6.07) is 7.13. The van der Waals surface area contributed by atoms with E-state index in [1.165, 1.54) is 50.1 Å². The Bertz CT molecular complexity index is 369. The molecule has 1 aromatic rings. The molecular formula is C14H19NS. The zero-order chi connectivity index (χ0) is 10.8. The van der Waals surface area contributed by atoms with Gasteiger partial charge in [-0.1, -0.05) is 6.07 Å². The smallest absolute Gasteiger partial charge is 0.0231 e. The molecule has 0 radical (unpaired) electrons. The summed E-state index contributed by atoms with van der Waals surface area (Å²) in [7, 11) is 0. The van der Waals surface area contributed by atoms with Gasteiger partial charge in [0.05, 0.1) is 0 Å². The van der Waals surface area contributed by atoms with Crippen LogP contribution >= 0.6 is 11.8 Å². The zero-order valence-electron chi connectivity index (χ0n) is 9.67. The Morgan fingerprint density at radius 1 is 1.12 bits per heavy atom. The minimum Gasteiger partial charge on any atom is -0.316 e. The highest BCUT2D eigenvalue weighted by atomic mass is 32.2. The largest absolute Gasteiger partial charge is 0.316 e. The van der Waals surface area contributed by atoms with Gasteiger partial charge in [-0.2, -0.15) is 0 Å². The molecule has 0 aromatic heterocycles. The summed E-state index contributed by atoms with van der Waals surface area (Å²) in [6.07, 6.45) is 6.68. The third-order valence-corrected chi connectivity index (χ3v) is 4.90. The standard InChI is InChI=1S/C14H19NS/c1-2-4-12-9-13(6-5-11(12)3-1)16-14-7-8-15-10-14/h5-6,9,14-15H,1-4,7-8,10H2. The normalized spacial score (nSPS) is 24.4. The third-order valence-electron chi connectivity index (χ3n) is 3.64. The van der Waals surface area contributed by atoms with Crippen molar-refractivity contribution < 1.29 is 0 Å². The summed E-state index contributed by atoms with van der Waals surface area (Å²) in [4.78, 5) is 1.48. The predicted molar refractivity (Wildman–Crippen MR) is 70.2 cm³/mol. The third kappa shape index (κ3) is 2.28. The van der Waals surface area contributed by atoms with E-state index in [4.69, 9.17) is 0 Å². The fourth-order valence-electron chi connectivity index (χ4n) is 2.70. The van der Waals surface area contributed by atoms with Gasteiger partial charge < -0.3 is 5.32 Å². The molecule has 1 saturated heterocycles. The molecule has 1 fully saturated rings. The monoisotopic (exact) mass is 233 g/mol. The van der Waals surface area contributed by atoms with Gasteiger partial charge in [0.2, 0.25) is 0 Å². The summed E-state index contributed by atoms with van der Waals surface area (Å²) in [5.41, 5.74) is 3.21. The lowest BCUT2D eigenvalue weighted by molar-refractivity contribution is 0.683. The lowest BCUT2D eigenvalue weighted by atomic mass is 9.92. The van der Waals surface area contributed by atoms with Crippen molar-refractivity contribution in [2.45, 2.75) is 42.2 Å². The fraction of sp³-hybridized carbons (Fsp3) is 0.571. The minimum atomic E-state index is 0.793. The van der Waals surface area contributed by atoms with Crippen LogP contribution in [0.2, 0.25) is 0 Å². The van der Waals surface area contributed by atoms with Gasteiger partial charge >= 0.3 is 0 Å². The number of benzene rings is 1. The van der Waals surface area contributed by atoms with Crippen LogP contribution in [0.5, 0.6) is 0 Å². The molecule has 1 heterocycles. The quantitative estimate of drug-likeness (QED) is 0.842. The van der Waals surface area contributed by atoms with Crippen molar-refractivity contribution in [3.8, 4) is 0 Å². The highest BCUT2D eigenvalue weighted by molar-refractivity contribution is 8.00. The lowest BCUT2D eigenvalue weighted by Crippen LogP contribution is -2.10. The summed E-state index contributed by atoms with van der Waals surface area (Å²) >= 11 is 2.06. The highest BCUT2D eigenvalue weighted by Gasteiger charge is 2.16. The Kier molecular flexibility index (Phi) is 3.20. The summed E-state index contributed by atoms with van der Waals surface area (Å²) in [5, 5.41) is 4.23. The van der Waals surface area contributed by atoms with Crippen LogP contribution in [0.3, 0.4) is 0 Å². The second-order valence-electron chi connectivity index (χ2n) is 4.87. The molecule has 1 aromatic carbocycles. The average Bonchev–Trinajstić information content (AvgIpc) is 2.82. The average molecular weight is 233 g/mol. The van der Waals surface area contributed by atoms with Crippen molar-refractivity contribution in [1.82, 2.24) is 5.32 Å². The van der Waals surface area contributed by atoms with Crippen LogP contribution < -0.4 is 5.32 Å². The van der Waals surface area contributed by atoms with E-state index < -0.39 is 0 Å². The number of hydrogen-bond acceptors (Lipinski definition) is 2. The van der Waals surface area contributed by atoms with Crippen molar-refractivity contribution >= 4 is 11.8 Å². The molecule has 0 amide bonds. The van der Waals surface area contributed by atoms with Crippen LogP contribution in [0.25, 0.3) is 0 Å². The Morgan fingerprint density at radius 3 is 2.81 bits per heavy atom. The number of aryl methyl sites for hydroxylation is 2. The Morgan fingerprint density at radius 2 is 2.00 bits per heavy atom. The van der Waals surface area contributed by atoms with E-state index in [-0.39, 0.29) is 0 Å². The first-order valence-corrected chi connectivity index (χ1v) is 7.29. The molecule has 0 spiro atoms. The van der Waals surface area contributed by atoms with E-state index in [1.54, 1.807) is 11.1 Å². The molecule has 1 atom stereocenters. The Hall–Kier alpha value is -0.470. The molecule has 0 bridgehead atoms. The van der Waals surface area contributed by atoms with Crippen molar-refractivity contribution in [2.24, 2.45) is 0 Å². The number of nitrogens with one attached hydrogen (secondary N) is 1. The molecule has 2 aliphatic rings. The summed E-state index contributed by atoms with van der Waals surface area (Å²) in [6.45, 7) is 2.38. The molecule has 2 heteroatoms. The number of thioether (sulfide) groups is 1. The summed E-state index contributed by atoms with van der Waals surface area (Å²) in [5.74, 6) is 0. The maximum Gasteiger partial charge on any atom is 0.0231 e. The van der Waals surface area contributed by atoms with Crippen LogP contribution in [0.15, 0.2) is 23.1 Å². The van der Waals surface area contributed by atoms with Gasteiger partial charge in [0.15, 0.2) is 0 Å². The van der Waals surface area contributed by atoms with Crippen molar-refractivity contribution in [2.75, 3.05) is 13.1 Å². The second kappa shape index (κ2) is 4.80. The molecule has 3 rings (SSSR count). The maximum absolute atomic E-state index is 3.43. The molecular weight excluding hydrogens is 214 g/mol. The van der Waals surface area contributed by atoms with E-state index in [2.05, 4.69) is 35.3 Å². The highest BCUT2D eigenvalue weighted by Crippen LogP contribution is 2.31. The van der Waals surface area contributed by atoms with Gasteiger partial charge in [-0.25, -0.2) is 0 Å². The van der Waals surface area contributed by atoms with Gasteiger partial charge in [-0.05, 0) is 61.9 Å². The van der Waals surface area contributed by atoms with E-state index in [0.717, 1.165) is 5.25 Å². The first kappa shape index (κ1) is 10.7. The SMILES string of the molecule is c1cc2c(cc1SC1CCNC1)CCCC2. The predicted octanol–water partition coefficient (Wildman–Crippen LogP) is 3.02. The zero-order valence-corrected chi connectivity index (χ0v) is 10.5. The number of rotatable bonds is 2. The molecule has 1 unspecified atom stereocenters. The second-order valence-corrected chi connectivity index (χ2v) is 6.24. The van der Waals surface area contributed by atoms with Crippen LogP contribution in [0.1, 0.15) is 30.4 Å².